The molecule has 2 heteroatoms. The summed E-state index contributed by atoms with van der Waals surface area (Å²) in [5.74, 6) is 0. The minimum Gasteiger partial charge on any atom is -0.306 e. The normalized spacial score (nSPS) is 11.0. The number of benzene rings is 2. The molecular weight excluding hydrogens is 280 g/mol. The van der Waals surface area contributed by atoms with Gasteiger partial charge in [-0.15, -0.1) is 0 Å². The molecule has 0 saturated heterocycles. The first-order valence-electron chi connectivity index (χ1n) is 7.82. The number of imidazole rings is 1. The number of aromatic nitrogens is 2. The Morgan fingerprint density at radius 1 is 0.783 bits per heavy atom. The number of nitrogens with zero attached hydrogens (tertiary/aromatic N) is 2. The number of aryl methyl sites for hydroxylation is 2. The zero-order valence-corrected chi connectivity index (χ0v) is 13.3. The maximum absolute atomic E-state index is 4.77. The van der Waals surface area contributed by atoms with E-state index in [1.807, 2.05) is 6.07 Å². The second-order valence-corrected chi connectivity index (χ2v) is 5.99. The number of rotatable bonds is 2. The lowest BCUT2D eigenvalue weighted by Gasteiger charge is -2.03. The van der Waals surface area contributed by atoms with Crippen LogP contribution in [0.15, 0.2) is 73.1 Å². The van der Waals surface area contributed by atoms with E-state index in [-0.39, 0.29) is 0 Å². The molecule has 0 aliphatic rings. The molecule has 0 aliphatic carbocycles. The van der Waals surface area contributed by atoms with Crippen molar-refractivity contribution in [2.24, 2.45) is 0 Å². The summed E-state index contributed by atoms with van der Waals surface area (Å²) in [6, 6.07) is 21.1. The third-order valence-electron chi connectivity index (χ3n) is 4.22. The van der Waals surface area contributed by atoms with Gasteiger partial charge in [0.1, 0.15) is 5.65 Å². The molecule has 2 aromatic carbocycles. The van der Waals surface area contributed by atoms with Gasteiger partial charge in [0.2, 0.25) is 0 Å². The van der Waals surface area contributed by atoms with Crippen LogP contribution in [0.2, 0.25) is 0 Å². The van der Waals surface area contributed by atoms with Crippen molar-refractivity contribution in [2.45, 2.75) is 13.8 Å². The summed E-state index contributed by atoms with van der Waals surface area (Å²) in [7, 11) is 0. The highest BCUT2D eigenvalue weighted by atomic mass is 15.0. The van der Waals surface area contributed by atoms with Crippen molar-refractivity contribution in [2.75, 3.05) is 0 Å². The van der Waals surface area contributed by atoms with Crippen LogP contribution in [0.1, 0.15) is 11.1 Å². The van der Waals surface area contributed by atoms with Gasteiger partial charge in [-0.05, 0) is 42.7 Å². The summed E-state index contributed by atoms with van der Waals surface area (Å²) in [5.41, 5.74) is 8.14. The fourth-order valence-corrected chi connectivity index (χ4v) is 3.02. The van der Waals surface area contributed by atoms with E-state index < -0.39 is 0 Å². The van der Waals surface area contributed by atoms with E-state index in [4.69, 9.17) is 4.98 Å². The molecule has 112 valence electrons. The Bertz CT molecular complexity index is 981. The van der Waals surface area contributed by atoms with Crippen molar-refractivity contribution in [1.82, 2.24) is 9.38 Å². The summed E-state index contributed by atoms with van der Waals surface area (Å²) in [5, 5.41) is 0. The molecule has 0 unspecified atom stereocenters. The van der Waals surface area contributed by atoms with E-state index >= 15 is 0 Å². The molecule has 0 aliphatic heterocycles. The summed E-state index contributed by atoms with van der Waals surface area (Å²) >= 11 is 0. The fourth-order valence-electron chi connectivity index (χ4n) is 3.02. The summed E-state index contributed by atoms with van der Waals surface area (Å²) in [4.78, 5) is 4.77. The monoisotopic (exact) mass is 298 g/mol. The van der Waals surface area contributed by atoms with Crippen molar-refractivity contribution < 1.29 is 0 Å². The lowest BCUT2D eigenvalue weighted by Crippen LogP contribution is -1.84. The highest BCUT2D eigenvalue weighted by Crippen LogP contribution is 2.25. The average Bonchev–Trinajstić information content (AvgIpc) is 2.98. The molecule has 2 nitrogen and oxygen atoms in total. The molecule has 0 radical (unpaired) electrons. The van der Waals surface area contributed by atoms with Crippen LogP contribution in [0.25, 0.3) is 28.0 Å². The highest BCUT2D eigenvalue weighted by Gasteiger charge is 2.08. The highest BCUT2D eigenvalue weighted by molar-refractivity contribution is 5.69. The Balaban J connectivity index is 1.82. The quantitative estimate of drug-likeness (QED) is 0.492. The molecule has 4 rings (SSSR count). The molecular formula is C21H18N2. The van der Waals surface area contributed by atoms with Crippen molar-refractivity contribution in [3.8, 4) is 22.4 Å². The lowest BCUT2D eigenvalue weighted by atomic mass is 10.0. The molecule has 0 spiro atoms. The molecule has 2 heterocycles. The molecule has 23 heavy (non-hydrogen) atoms. The summed E-state index contributed by atoms with van der Waals surface area (Å²) in [6.45, 7) is 4.26. The Morgan fingerprint density at radius 2 is 1.61 bits per heavy atom. The Morgan fingerprint density at radius 3 is 2.39 bits per heavy atom. The second kappa shape index (κ2) is 5.40. The Hall–Kier alpha value is -2.87. The van der Waals surface area contributed by atoms with E-state index in [1.54, 1.807) is 0 Å². The van der Waals surface area contributed by atoms with Gasteiger partial charge in [-0.25, -0.2) is 4.98 Å². The van der Waals surface area contributed by atoms with Crippen molar-refractivity contribution in [1.29, 1.82) is 0 Å². The predicted octanol–water partition coefficient (Wildman–Crippen LogP) is 5.29. The third-order valence-corrected chi connectivity index (χ3v) is 4.22. The average molecular weight is 298 g/mol. The van der Waals surface area contributed by atoms with E-state index in [1.165, 1.54) is 27.8 Å². The zero-order valence-electron chi connectivity index (χ0n) is 13.3. The van der Waals surface area contributed by atoms with Gasteiger partial charge in [-0.3, -0.25) is 0 Å². The van der Waals surface area contributed by atoms with Gasteiger partial charge in [-0.2, -0.15) is 0 Å². The third kappa shape index (κ3) is 2.53. The Labute approximate surface area is 136 Å². The van der Waals surface area contributed by atoms with Crippen molar-refractivity contribution in [3.05, 3.63) is 84.2 Å². The number of hydrogen-bond donors (Lipinski definition) is 0. The van der Waals surface area contributed by atoms with E-state index in [0.29, 0.717) is 0 Å². The molecule has 4 aromatic rings. The van der Waals surface area contributed by atoms with E-state index in [2.05, 4.69) is 85.2 Å². The smallest absolute Gasteiger partial charge is 0.137 e. The molecule has 0 fully saturated rings. The molecule has 0 bridgehead atoms. The van der Waals surface area contributed by atoms with Crippen molar-refractivity contribution >= 4 is 5.65 Å². The predicted molar refractivity (Wildman–Crippen MR) is 95.5 cm³/mol. The molecule has 0 saturated carbocycles. The summed E-state index contributed by atoms with van der Waals surface area (Å²) in [6.07, 6.45) is 4.25. The van der Waals surface area contributed by atoms with Crippen LogP contribution < -0.4 is 0 Å². The minimum absolute atomic E-state index is 0.972. The van der Waals surface area contributed by atoms with E-state index in [9.17, 15) is 0 Å². The van der Waals surface area contributed by atoms with Crippen molar-refractivity contribution in [3.63, 3.8) is 0 Å². The largest absolute Gasteiger partial charge is 0.306 e. The van der Waals surface area contributed by atoms with Gasteiger partial charge in [0.15, 0.2) is 0 Å². The van der Waals surface area contributed by atoms with Gasteiger partial charge >= 0.3 is 0 Å². The van der Waals surface area contributed by atoms with Gasteiger partial charge in [0.25, 0.3) is 0 Å². The first-order valence-corrected chi connectivity index (χ1v) is 7.82. The fraction of sp³-hybridized carbons (Fsp3) is 0.0952. The maximum Gasteiger partial charge on any atom is 0.137 e. The lowest BCUT2D eigenvalue weighted by molar-refractivity contribution is 1.19. The van der Waals surface area contributed by atoms with Crippen LogP contribution in [-0.2, 0) is 0 Å². The van der Waals surface area contributed by atoms with Gasteiger partial charge in [-0.1, -0.05) is 54.1 Å². The van der Waals surface area contributed by atoms with E-state index in [0.717, 1.165) is 11.3 Å². The first-order chi connectivity index (χ1) is 11.2. The SMILES string of the molecule is Cc1ccc(-c2cn3cc(-c4ccccc4)ccc3n2)c(C)c1. The number of fused-ring (bicyclic) bond motifs is 1. The van der Waals surface area contributed by atoms with Crippen LogP contribution in [0, 0.1) is 13.8 Å². The molecule has 2 aromatic heterocycles. The van der Waals surface area contributed by atoms with Gasteiger partial charge in [0.05, 0.1) is 5.69 Å². The number of pyridine rings is 1. The molecule has 0 N–H and O–H groups in total. The molecule has 0 atom stereocenters. The topological polar surface area (TPSA) is 17.3 Å². The van der Waals surface area contributed by atoms with Crippen LogP contribution >= 0.6 is 0 Å². The Kier molecular flexibility index (Phi) is 3.23. The summed E-state index contributed by atoms with van der Waals surface area (Å²) < 4.78 is 2.11. The van der Waals surface area contributed by atoms with Crippen LogP contribution in [0.5, 0.6) is 0 Å². The van der Waals surface area contributed by atoms with Crippen LogP contribution in [0.3, 0.4) is 0 Å². The van der Waals surface area contributed by atoms with Gasteiger partial charge in [0, 0.05) is 18.0 Å². The zero-order chi connectivity index (χ0) is 15.8. The van der Waals surface area contributed by atoms with Crippen LogP contribution in [-0.4, -0.2) is 9.38 Å². The standard InChI is InChI=1S/C21H18N2/c1-15-8-10-19(16(2)12-15)20-14-23-13-18(9-11-21(23)22-20)17-6-4-3-5-7-17/h3-14H,1-2H3. The molecule has 0 amide bonds. The first kappa shape index (κ1) is 13.8. The van der Waals surface area contributed by atoms with Gasteiger partial charge < -0.3 is 4.40 Å². The van der Waals surface area contributed by atoms with Crippen LogP contribution in [0.4, 0.5) is 0 Å². The maximum atomic E-state index is 4.77. The minimum atomic E-state index is 0.972. The number of hydrogen-bond acceptors (Lipinski definition) is 1. The second-order valence-electron chi connectivity index (χ2n) is 5.99.